The number of piperidine rings is 2. The number of nitrogens with one attached hydrogen (secondary N) is 2. The number of aromatic carboxylic acids is 1. The number of rotatable bonds is 6. The third-order valence-electron chi connectivity index (χ3n) is 11.1. The van der Waals surface area contributed by atoms with Crippen molar-refractivity contribution in [1.29, 1.82) is 0 Å². The normalized spacial score (nSPS) is 16.3. The Morgan fingerprint density at radius 3 is 1.58 bits per heavy atom. The lowest BCUT2D eigenvalue weighted by Crippen LogP contribution is -3.00. The molecule has 0 aliphatic carbocycles. The number of nitrogens with two attached hydrogens (primary N) is 1. The highest BCUT2D eigenvalue weighted by Crippen LogP contribution is 2.42. The van der Waals surface area contributed by atoms with Crippen LogP contribution in [0, 0.1) is 0 Å². The van der Waals surface area contributed by atoms with Crippen LogP contribution in [0.5, 0.6) is 0 Å². The lowest BCUT2D eigenvalue weighted by atomic mass is 9.99. The first kappa shape index (κ1) is 57.1. The summed E-state index contributed by atoms with van der Waals surface area (Å²) >= 11 is 18.0. The Labute approximate surface area is 440 Å². The van der Waals surface area contributed by atoms with Gasteiger partial charge in [0.1, 0.15) is 24.4 Å². The second-order valence-corrected chi connectivity index (χ2v) is 17.3. The number of pyridine rings is 5. The maximum Gasteiger partial charge on any atom is 0.400 e. The van der Waals surface area contributed by atoms with Gasteiger partial charge in [0.25, 0.3) is 5.15 Å². The van der Waals surface area contributed by atoms with E-state index >= 15 is 0 Å². The van der Waals surface area contributed by atoms with Gasteiger partial charge in [-0.2, -0.15) is 30.9 Å². The molecule has 2 atom stereocenters. The van der Waals surface area contributed by atoms with Crippen LogP contribution >= 0.6 is 34.8 Å². The number of carboxylic acids is 1. The Bertz CT molecular complexity index is 2680. The summed E-state index contributed by atoms with van der Waals surface area (Å²) in [6.45, 7) is 1.56. The minimum Gasteiger partial charge on any atom is -1.00 e. The number of urea groups is 2. The summed E-state index contributed by atoms with van der Waals surface area (Å²) in [5.74, 6) is -0.748. The highest BCUT2D eigenvalue weighted by atomic mass is 127. The average molecular weight is 1180 g/mol. The lowest BCUT2D eigenvalue weighted by molar-refractivity contribution is -0.669. The van der Waals surface area contributed by atoms with Crippen molar-refractivity contribution >= 4 is 93.3 Å². The van der Waals surface area contributed by atoms with Crippen molar-refractivity contribution in [3.8, 4) is 0 Å². The Balaban J connectivity index is 0.000000210. The second-order valence-electron chi connectivity index (χ2n) is 16.1. The number of halogens is 10. The molecule has 5 aromatic rings. The zero-order chi connectivity index (χ0) is 51.6. The minimum atomic E-state index is -4.46. The van der Waals surface area contributed by atoms with Gasteiger partial charge in [0, 0.05) is 57.1 Å². The molecule has 5 aromatic heterocycles. The smallest absolute Gasteiger partial charge is 0.400 e. The molecule has 4 amide bonds. The van der Waals surface area contributed by atoms with Crippen LogP contribution in [0.2, 0.25) is 15.2 Å². The molecule has 17 nitrogen and oxygen atoms in total. The van der Waals surface area contributed by atoms with Gasteiger partial charge in [-0.15, -0.1) is 0 Å². The number of carbonyl (C=O) groups excluding carboxylic acids is 3. The van der Waals surface area contributed by atoms with Crippen LogP contribution in [0.3, 0.4) is 0 Å². The quantitative estimate of drug-likeness (QED) is 0.0493. The molecule has 0 unspecified atom stereocenters. The fraction of sp³-hybridized carbons (Fsp3) is 0.356. The van der Waals surface area contributed by atoms with E-state index in [1.165, 1.54) is 22.1 Å². The Morgan fingerprint density at radius 1 is 0.736 bits per heavy atom. The number of hydrogen-bond donors (Lipinski definition) is 4. The Kier molecular flexibility index (Phi) is 20.0. The molecular weight excluding hydrogens is 1140 g/mol. The van der Waals surface area contributed by atoms with Crippen molar-refractivity contribution in [2.24, 2.45) is 12.8 Å². The fourth-order valence-corrected chi connectivity index (χ4v) is 8.44. The first-order valence-electron chi connectivity index (χ1n) is 21.8. The Hall–Kier alpha value is -5.83. The van der Waals surface area contributed by atoms with E-state index in [0.29, 0.717) is 41.9 Å². The molecule has 2 saturated heterocycles. The zero-order valence-electron chi connectivity index (χ0n) is 38.0. The molecule has 4 bridgehead atoms. The second kappa shape index (κ2) is 25.2. The summed E-state index contributed by atoms with van der Waals surface area (Å²) in [6, 6.07) is 17.9. The predicted octanol–water partition coefficient (Wildman–Crippen LogP) is 6.20. The molecule has 0 aromatic carbocycles. The summed E-state index contributed by atoms with van der Waals surface area (Å²) in [4.78, 5) is 73.7. The molecule has 0 saturated carbocycles. The minimum absolute atomic E-state index is 0. The predicted molar refractivity (Wildman–Crippen MR) is 255 cm³/mol. The van der Waals surface area contributed by atoms with Gasteiger partial charge in [-0.3, -0.25) is 25.2 Å². The Morgan fingerprint density at radius 2 is 1.19 bits per heavy atom. The molecule has 0 radical (unpaired) electrons. The maximum atomic E-state index is 13.1. The number of aromatic nitrogens is 5. The summed E-state index contributed by atoms with van der Waals surface area (Å²) in [6.07, 6.45) is -2.32. The SMILES string of the molecule is C[n+]1ccccc1Cl.NCC(F)(F)F.O=C(CCC(F)(F)F)c1nc2c(cc1Cl)N1CCC[C@@H](C1)N2C(=O)Nc1ccccn1.O=C(O)c1nc2c(cc1Cl)N1CCC[C@@H](C1)N2C(=O)Nc1ccccn1.[I-]. The number of carboxylic acid groups (broad SMARTS) is 1. The van der Waals surface area contributed by atoms with Crippen LogP contribution in [0.15, 0.2) is 85.3 Å². The van der Waals surface area contributed by atoms with Crippen LogP contribution in [0.1, 0.15) is 59.5 Å². The molecule has 27 heteroatoms. The highest BCUT2D eigenvalue weighted by Gasteiger charge is 2.41. The molecule has 4 aliphatic heterocycles. The van der Waals surface area contributed by atoms with E-state index in [-0.39, 0.29) is 69.3 Å². The van der Waals surface area contributed by atoms with Crippen molar-refractivity contribution < 1.29 is 79.2 Å². The van der Waals surface area contributed by atoms with Crippen LogP contribution < -0.4 is 64.5 Å². The number of ketones is 1. The number of fused-ring (bicyclic) bond motifs is 8. The zero-order valence-corrected chi connectivity index (χ0v) is 42.4. The van der Waals surface area contributed by atoms with Gasteiger partial charge in [-0.05, 0) is 79.7 Å². The van der Waals surface area contributed by atoms with Crippen LogP contribution in [-0.2, 0) is 7.05 Å². The van der Waals surface area contributed by atoms with Crippen molar-refractivity contribution in [1.82, 2.24) is 19.9 Å². The van der Waals surface area contributed by atoms with Crippen LogP contribution in [-0.4, -0.2) is 106 Å². The van der Waals surface area contributed by atoms with Crippen molar-refractivity contribution in [3.05, 3.63) is 112 Å². The number of carbonyl (C=O) groups is 4. The van der Waals surface area contributed by atoms with E-state index in [0.717, 1.165) is 43.9 Å². The number of anilines is 6. The van der Waals surface area contributed by atoms with Crippen molar-refractivity contribution in [2.45, 2.75) is 63.0 Å². The molecule has 72 heavy (non-hydrogen) atoms. The van der Waals surface area contributed by atoms with Crippen molar-refractivity contribution in [3.63, 3.8) is 0 Å². The largest absolute Gasteiger partial charge is 1.00 e. The molecule has 4 aliphatic rings. The van der Waals surface area contributed by atoms with Gasteiger partial charge in [0.15, 0.2) is 29.3 Å². The number of amides is 4. The summed E-state index contributed by atoms with van der Waals surface area (Å²) in [5, 5.41) is 15.6. The number of alkyl halides is 6. The van der Waals surface area contributed by atoms with E-state index in [4.69, 9.17) is 34.8 Å². The number of aryl methyl sites for hydroxylation is 1. The number of hydrogen-bond acceptors (Lipinski definition) is 11. The molecule has 2 fully saturated rings. The fourth-order valence-electron chi connectivity index (χ4n) is 7.83. The third kappa shape index (κ3) is 15.1. The monoisotopic (exact) mass is 1180 g/mol. The summed E-state index contributed by atoms with van der Waals surface area (Å²) in [5.41, 5.74) is 4.90. The van der Waals surface area contributed by atoms with Crippen LogP contribution in [0.25, 0.3) is 0 Å². The molecule has 0 spiro atoms. The lowest BCUT2D eigenvalue weighted by Gasteiger charge is -2.45. The first-order valence-corrected chi connectivity index (χ1v) is 22.9. The number of Topliss-reactive ketones (excluding diaryl/α,β-unsaturated/α-hetero) is 1. The van der Waals surface area contributed by atoms with Gasteiger partial charge in [0.2, 0.25) is 0 Å². The van der Waals surface area contributed by atoms with Gasteiger partial charge < -0.3 is 44.6 Å². The molecular formula is C45H46Cl3F6IN12O5. The third-order valence-corrected chi connectivity index (χ3v) is 12.1. The van der Waals surface area contributed by atoms with Gasteiger partial charge in [0.05, 0.1) is 46.5 Å². The van der Waals surface area contributed by atoms with Gasteiger partial charge >= 0.3 is 30.4 Å². The highest BCUT2D eigenvalue weighted by molar-refractivity contribution is 6.34. The van der Waals surface area contributed by atoms with E-state index in [1.807, 2.05) is 40.9 Å². The standard InChI is InChI=1S/C20H19ClF3N5O2.C17H16ClN5O3.C6H7ClN.C2H4F3N.HI/c21-13-10-14-18(27-17(13)15(30)6-7-20(22,23)24)29(12-4-3-9-28(14)11-12)19(31)26-16-5-1-2-8-25-16;18-11-8-12-15(21-14(11)16(24)25)23(10-4-3-7-22(12)9-10)17(26)20-13-5-1-2-6-19-13;1-8-5-3-2-4-6(8)7;3-2(4,5)1-6;/h1-2,5,8,10,12H,3-4,6-7,9,11H2,(H,25,26,31);1-2,5-6,8,10H,3-4,7,9H2,(H,24,25)(H,19,20,26);2-5H,1H3;1,6H2;1H/q;;+1;;/p-1/t12-;10-;;;/m00.../s1. The van der Waals surface area contributed by atoms with Gasteiger partial charge in [-0.1, -0.05) is 35.3 Å². The summed E-state index contributed by atoms with van der Waals surface area (Å²) < 4.78 is 71.5. The maximum absolute atomic E-state index is 13.1. The van der Waals surface area contributed by atoms with Crippen LogP contribution in [0.4, 0.5) is 70.6 Å². The van der Waals surface area contributed by atoms with E-state index in [9.17, 15) is 50.6 Å². The molecule has 5 N–H and O–H groups in total. The first-order chi connectivity index (χ1) is 33.6. The van der Waals surface area contributed by atoms with E-state index in [1.54, 1.807) is 48.7 Å². The molecule has 386 valence electrons. The van der Waals surface area contributed by atoms with Gasteiger partial charge in [-0.25, -0.2) is 34.3 Å². The van der Waals surface area contributed by atoms with E-state index < -0.39 is 49.5 Å². The molecule has 9 rings (SSSR count). The topological polar surface area (TPSA) is 207 Å². The molecule has 9 heterocycles. The average Bonchev–Trinajstić information content (AvgIpc) is 3.33. The van der Waals surface area contributed by atoms with E-state index in [2.05, 4.69) is 41.2 Å². The summed E-state index contributed by atoms with van der Waals surface area (Å²) in [7, 11) is 1.91. The number of nitrogens with zero attached hydrogens (tertiary/aromatic N) is 9. The van der Waals surface area contributed by atoms with Crippen molar-refractivity contribution in [2.75, 3.05) is 63.0 Å².